The van der Waals surface area contributed by atoms with Crippen molar-refractivity contribution in [3.05, 3.63) is 36.8 Å². The Balaban J connectivity index is 1.52. The van der Waals surface area contributed by atoms with E-state index in [1.165, 1.54) is 6.33 Å². The van der Waals surface area contributed by atoms with Crippen molar-refractivity contribution in [2.45, 2.75) is 0 Å². The second-order valence-electron chi connectivity index (χ2n) is 5.00. The number of benzene rings is 1. The van der Waals surface area contributed by atoms with Crippen LogP contribution in [0.1, 0.15) is 0 Å². The zero-order valence-corrected chi connectivity index (χ0v) is 11.5. The Labute approximate surface area is 121 Å². The van der Waals surface area contributed by atoms with Crippen molar-refractivity contribution in [2.24, 2.45) is 0 Å². The minimum absolute atomic E-state index is 0.833. The Morgan fingerprint density at radius 1 is 0.905 bits per heavy atom. The molecule has 3 heterocycles. The van der Waals surface area contributed by atoms with E-state index >= 15 is 0 Å². The van der Waals surface area contributed by atoms with Crippen molar-refractivity contribution >= 4 is 22.8 Å². The summed E-state index contributed by atoms with van der Waals surface area (Å²) in [4.78, 5) is 17.8. The highest BCUT2D eigenvalue weighted by molar-refractivity contribution is 5.75. The fourth-order valence-electron chi connectivity index (χ4n) is 2.60. The molecule has 1 aliphatic heterocycles. The first kappa shape index (κ1) is 12.1. The molecule has 0 unspecified atom stereocenters. The maximum atomic E-state index is 4.70. The third kappa shape index (κ3) is 2.26. The van der Waals surface area contributed by atoms with Gasteiger partial charge in [-0.1, -0.05) is 12.1 Å². The molecule has 7 heteroatoms. The van der Waals surface area contributed by atoms with E-state index in [1.54, 1.807) is 0 Å². The lowest BCUT2D eigenvalue weighted by atomic mass is 10.3. The van der Waals surface area contributed by atoms with Crippen molar-refractivity contribution < 1.29 is 0 Å². The first-order chi connectivity index (χ1) is 10.4. The molecule has 1 saturated heterocycles. The number of H-pyrrole nitrogens is 1. The normalized spacial score (nSPS) is 15.6. The number of nitrogens with zero attached hydrogens (tertiary/aromatic N) is 6. The van der Waals surface area contributed by atoms with Gasteiger partial charge in [0.25, 0.3) is 0 Å². The predicted octanol–water partition coefficient (Wildman–Crippen LogP) is 1.07. The van der Waals surface area contributed by atoms with E-state index in [1.807, 2.05) is 30.5 Å². The van der Waals surface area contributed by atoms with E-state index < -0.39 is 0 Å². The van der Waals surface area contributed by atoms with Crippen molar-refractivity contribution in [1.29, 1.82) is 0 Å². The highest BCUT2D eigenvalue weighted by Gasteiger charge is 2.20. The van der Waals surface area contributed by atoms with Gasteiger partial charge in [-0.25, -0.2) is 10.1 Å². The van der Waals surface area contributed by atoms with Gasteiger partial charge in [0, 0.05) is 26.2 Å². The highest BCUT2D eigenvalue weighted by Crippen LogP contribution is 2.18. The summed E-state index contributed by atoms with van der Waals surface area (Å²) in [7, 11) is 0. The molecule has 0 spiro atoms. The van der Waals surface area contributed by atoms with Gasteiger partial charge in [0.1, 0.15) is 12.1 Å². The zero-order valence-electron chi connectivity index (χ0n) is 11.5. The Morgan fingerprint density at radius 2 is 1.67 bits per heavy atom. The maximum Gasteiger partial charge on any atom is 0.221 e. The van der Waals surface area contributed by atoms with Crippen molar-refractivity contribution in [2.75, 3.05) is 36.0 Å². The van der Waals surface area contributed by atoms with Crippen LogP contribution in [0.25, 0.3) is 11.0 Å². The van der Waals surface area contributed by atoms with Crippen LogP contribution in [0.5, 0.6) is 0 Å². The van der Waals surface area contributed by atoms with Gasteiger partial charge < -0.3 is 9.80 Å². The first-order valence-corrected chi connectivity index (χ1v) is 6.97. The van der Waals surface area contributed by atoms with Crippen LogP contribution in [0.3, 0.4) is 0 Å². The van der Waals surface area contributed by atoms with E-state index in [0.29, 0.717) is 0 Å². The molecule has 4 rings (SSSR count). The number of rotatable bonds is 2. The minimum atomic E-state index is 0.833. The van der Waals surface area contributed by atoms with Crippen molar-refractivity contribution in [3.8, 4) is 0 Å². The lowest BCUT2D eigenvalue weighted by Crippen LogP contribution is -2.47. The maximum absolute atomic E-state index is 4.70. The molecule has 1 aromatic carbocycles. The highest BCUT2D eigenvalue weighted by atomic mass is 15.4. The topological polar surface area (TPSA) is 73.8 Å². The van der Waals surface area contributed by atoms with Crippen molar-refractivity contribution in [1.82, 2.24) is 25.1 Å². The van der Waals surface area contributed by atoms with Crippen LogP contribution in [0.2, 0.25) is 0 Å². The number of aromatic amines is 1. The third-order valence-corrected chi connectivity index (χ3v) is 3.74. The fourth-order valence-corrected chi connectivity index (χ4v) is 2.60. The van der Waals surface area contributed by atoms with E-state index in [4.69, 9.17) is 4.98 Å². The van der Waals surface area contributed by atoms with Crippen LogP contribution >= 0.6 is 0 Å². The van der Waals surface area contributed by atoms with Gasteiger partial charge in [0.05, 0.1) is 17.2 Å². The molecule has 0 amide bonds. The number of aromatic nitrogens is 5. The molecule has 7 nitrogen and oxygen atoms in total. The van der Waals surface area contributed by atoms with Gasteiger partial charge >= 0.3 is 0 Å². The van der Waals surface area contributed by atoms with E-state index in [2.05, 4.69) is 30.0 Å². The standard InChI is InChI=1S/C14H15N7/c1-2-4-12-11(3-1)15-9-13(18-12)20-5-7-21(8-6-20)14-16-10-17-19-14/h1-4,9-10H,5-8H2,(H,16,17,19). The van der Waals surface area contributed by atoms with Gasteiger partial charge in [0.15, 0.2) is 0 Å². The van der Waals surface area contributed by atoms with E-state index in [0.717, 1.165) is 49.0 Å². The summed E-state index contributed by atoms with van der Waals surface area (Å²) in [6, 6.07) is 7.94. The summed E-state index contributed by atoms with van der Waals surface area (Å²) in [6.45, 7) is 3.58. The number of para-hydroxylation sites is 2. The van der Waals surface area contributed by atoms with Crippen LogP contribution in [0.15, 0.2) is 36.8 Å². The molecule has 106 valence electrons. The molecule has 0 aliphatic carbocycles. The number of hydrogen-bond donors (Lipinski definition) is 1. The lowest BCUT2D eigenvalue weighted by molar-refractivity contribution is 0.635. The Hall–Kier alpha value is -2.70. The molecular formula is C14H15N7. The average molecular weight is 281 g/mol. The monoisotopic (exact) mass is 281 g/mol. The van der Waals surface area contributed by atoms with E-state index in [-0.39, 0.29) is 0 Å². The second-order valence-corrected chi connectivity index (χ2v) is 5.00. The number of hydrogen-bond acceptors (Lipinski definition) is 6. The average Bonchev–Trinajstić information content (AvgIpc) is 3.09. The summed E-state index contributed by atoms with van der Waals surface area (Å²) in [5.74, 6) is 1.77. The summed E-state index contributed by atoms with van der Waals surface area (Å²) >= 11 is 0. The number of anilines is 2. The molecule has 21 heavy (non-hydrogen) atoms. The van der Waals surface area contributed by atoms with Crippen molar-refractivity contribution in [3.63, 3.8) is 0 Å². The van der Waals surface area contributed by atoms with Crippen LogP contribution < -0.4 is 9.80 Å². The predicted molar refractivity (Wildman–Crippen MR) is 80.3 cm³/mol. The van der Waals surface area contributed by atoms with Gasteiger partial charge in [-0.15, -0.1) is 0 Å². The van der Waals surface area contributed by atoms with Crippen LogP contribution in [-0.2, 0) is 0 Å². The molecular weight excluding hydrogens is 266 g/mol. The lowest BCUT2D eigenvalue weighted by Gasteiger charge is -2.34. The minimum Gasteiger partial charge on any atom is -0.352 e. The van der Waals surface area contributed by atoms with Crippen LogP contribution in [-0.4, -0.2) is 51.3 Å². The number of nitrogens with one attached hydrogen (secondary N) is 1. The molecule has 2 aromatic heterocycles. The van der Waals surface area contributed by atoms with Crippen LogP contribution in [0, 0.1) is 0 Å². The largest absolute Gasteiger partial charge is 0.352 e. The summed E-state index contributed by atoms with van der Waals surface area (Å²) < 4.78 is 0. The molecule has 1 fully saturated rings. The van der Waals surface area contributed by atoms with Gasteiger partial charge in [0.2, 0.25) is 5.95 Å². The van der Waals surface area contributed by atoms with Gasteiger partial charge in [-0.3, -0.25) is 4.98 Å². The molecule has 0 radical (unpaired) electrons. The Kier molecular flexibility index (Phi) is 2.88. The summed E-state index contributed by atoms with van der Waals surface area (Å²) in [6.07, 6.45) is 3.39. The van der Waals surface area contributed by atoms with Gasteiger partial charge in [-0.05, 0) is 12.1 Å². The Bertz CT molecular complexity index is 732. The fraction of sp³-hybridized carbons (Fsp3) is 0.286. The SMILES string of the molecule is c1ccc2nc(N3CCN(c4ncn[nH]4)CC3)cnc2c1. The molecule has 0 saturated carbocycles. The second kappa shape index (κ2) is 5.01. The molecule has 3 aromatic rings. The summed E-state index contributed by atoms with van der Waals surface area (Å²) in [5, 5.41) is 6.80. The Morgan fingerprint density at radius 3 is 2.43 bits per heavy atom. The number of piperazine rings is 1. The first-order valence-electron chi connectivity index (χ1n) is 6.97. The number of fused-ring (bicyclic) bond motifs is 1. The molecule has 1 aliphatic rings. The zero-order chi connectivity index (χ0) is 14.1. The third-order valence-electron chi connectivity index (χ3n) is 3.74. The smallest absolute Gasteiger partial charge is 0.221 e. The van der Waals surface area contributed by atoms with Gasteiger partial charge in [-0.2, -0.15) is 10.1 Å². The van der Waals surface area contributed by atoms with Crippen LogP contribution in [0.4, 0.5) is 11.8 Å². The quantitative estimate of drug-likeness (QED) is 0.757. The molecule has 0 atom stereocenters. The molecule has 0 bridgehead atoms. The molecule has 1 N–H and O–H groups in total. The summed E-state index contributed by atoms with van der Waals surface area (Å²) in [5.41, 5.74) is 1.87. The van der Waals surface area contributed by atoms with E-state index in [9.17, 15) is 0 Å².